The first-order chi connectivity index (χ1) is 15.8. The van der Waals surface area contributed by atoms with E-state index in [1.165, 1.54) is 22.2 Å². The molecule has 1 aromatic carbocycles. The number of fused-ring (bicyclic) bond motifs is 1. The number of aryl methyl sites for hydroxylation is 2. The Kier molecular flexibility index (Phi) is 6.52. The van der Waals surface area contributed by atoms with E-state index >= 15 is 0 Å². The number of aliphatic hydroxyl groups excluding tert-OH is 1. The fraction of sp³-hybridized carbons (Fsp3) is 0.407. The Labute approximate surface area is 196 Å². The highest BCUT2D eigenvalue weighted by Gasteiger charge is 2.48. The quantitative estimate of drug-likeness (QED) is 0.250. The van der Waals surface area contributed by atoms with Gasteiger partial charge in [0.2, 0.25) is 0 Å². The van der Waals surface area contributed by atoms with Crippen LogP contribution in [0.5, 0.6) is 0 Å². The molecule has 2 aromatic heterocycles. The van der Waals surface area contributed by atoms with Crippen LogP contribution in [0.15, 0.2) is 54.3 Å². The van der Waals surface area contributed by atoms with Gasteiger partial charge in [-0.2, -0.15) is 0 Å². The van der Waals surface area contributed by atoms with Gasteiger partial charge in [-0.25, -0.2) is 0 Å². The number of rotatable bonds is 9. The van der Waals surface area contributed by atoms with Crippen molar-refractivity contribution >= 4 is 10.9 Å². The van der Waals surface area contributed by atoms with Crippen molar-refractivity contribution in [2.75, 3.05) is 20.3 Å². The second-order valence-electron chi connectivity index (χ2n) is 9.23. The van der Waals surface area contributed by atoms with Gasteiger partial charge in [0, 0.05) is 52.6 Å². The summed E-state index contributed by atoms with van der Waals surface area (Å²) >= 11 is 0. The van der Waals surface area contributed by atoms with Crippen molar-refractivity contribution < 1.29 is 9.84 Å². The van der Waals surface area contributed by atoms with Gasteiger partial charge in [-0.05, 0) is 44.0 Å². The normalized spacial score (nSPS) is 21.7. The number of hydrogen-bond donors (Lipinski definition) is 5. The number of aliphatic hydroxyl groups is 1. The molecular weight excluding hydrogens is 412 g/mol. The van der Waals surface area contributed by atoms with Gasteiger partial charge < -0.3 is 25.1 Å². The fourth-order valence-electron chi connectivity index (χ4n) is 5.46. The smallest absolute Gasteiger partial charge is 0.117 e. The predicted molar refractivity (Wildman–Crippen MR) is 134 cm³/mol. The Bertz CT molecular complexity index is 1190. The number of hydrogen-bond acceptors (Lipinski definition) is 4. The van der Waals surface area contributed by atoms with Crippen LogP contribution in [0, 0.1) is 13.8 Å². The minimum atomic E-state index is -0.612. The number of aromatic nitrogens is 2. The monoisotopic (exact) mass is 448 g/mol. The molecule has 0 spiro atoms. The molecule has 0 amide bonds. The summed E-state index contributed by atoms with van der Waals surface area (Å²) in [5, 5.41) is 19.0. The minimum absolute atomic E-state index is 0.0840. The summed E-state index contributed by atoms with van der Waals surface area (Å²) in [6.45, 7) is 13.7. The molecule has 0 saturated carbocycles. The topological polar surface area (TPSA) is 85.1 Å². The lowest BCUT2D eigenvalue weighted by molar-refractivity contribution is 0.243. The van der Waals surface area contributed by atoms with Crippen molar-refractivity contribution in [1.29, 1.82) is 0 Å². The molecule has 3 heterocycles. The summed E-state index contributed by atoms with van der Waals surface area (Å²) in [6.07, 6.45) is 1.87. The number of ether oxygens (including phenoxy) is 1. The maximum absolute atomic E-state index is 10.5. The molecule has 6 nitrogen and oxygen atoms in total. The average molecular weight is 449 g/mol. The van der Waals surface area contributed by atoms with Crippen molar-refractivity contribution in [2.45, 2.75) is 51.7 Å². The molecule has 0 bridgehead atoms. The van der Waals surface area contributed by atoms with Crippen molar-refractivity contribution in [2.24, 2.45) is 0 Å². The van der Waals surface area contributed by atoms with E-state index in [-0.39, 0.29) is 18.6 Å². The average Bonchev–Trinajstić information content (AvgIpc) is 3.44. The second-order valence-corrected chi connectivity index (χ2v) is 9.23. The Morgan fingerprint density at radius 1 is 1.27 bits per heavy atom. The largest absolute Gasteiger partial charge is 0.499 e. The molecule has 5 N–H and O–H groups in total. The van der Waals surface area contributed by atoms with Crippen LogP contribution in [0.25, 0.3) is 10.9 Å². The molecule has 0 aliphatic carbocycles. The summed E-state index contributed by atoms with van der Waals surface area (Å²) in [6, 6.07) is 10.4. The second kappa shape index (κ2) is 9.21. The van der Waals surface area contributed by atoms with Crippen LogP contribution in [0.2, 0.25) is 0 Å². The number of benzene rings is 1. The van der Waals surface area contributed by atoms with Crippen LogP contribution in [-0.4, -0.2) is 41.4 Å². The standard InChI is InChI=1S/C27H36N4O2/c1-7-12-28-14-20-19-10-8-9-11-22(19)30-26(20)27(5)21(15-32)25(33-6)24(31-27)18(4)23-16(2)13-17(3)29-23/h7-11,13,18,24,28-32H,1,12,14-15H2,2-6H3. The lowest BCUT2D eigenvalue weighted by atomic mass is 9.87. The van der Waals surface area contributed by atoms with Gasteiger partial charge in [0.05, 0.1) is 25.3 Å². The summed E-state index contributed by atoms with van der Waals surface area (Å²) in [7, 11) is 1.70. The molecule has 176 valence electrons. The Morgan fingerprint density at radius 3 is 2.67 bits per heavy atom. The number of nitrogens with one attached hydrogen (secondary N) is 4. The molecule has 0 radical (unpaired) electrons. The highest BCUT2D eigenvalue weighted by molar-refractivity contribution is 5.85. The predicted octanol–water partition coefficient (Wildman–Crippen LogP) is 4.27. The van der Waals surface area contributed by atoms with E-state index < -0.39 is 5.54 Å². The molecule has 3 unspecified atom stereocenters. The summed E-state index contributed by atoms with van der Waals surface area (Å²) in [4.78, 5) is 7.19. The van der Waals surface area contributed by atoms with Crippen molar-refractivity contribution in [3.05, 3.63) is 82.5 Å². The van der Waals surface area contributed by atoms with E-state index in [9.17, 15) is 5.11 Å². The van der Waals surface area contributed by atoms with Crippen molar-refractivity contribution in [1.82, 2.24) is 20.6 Å². The highest BCUT2D eigenvalue weighted by Crippen LogP contribution is 2.44. The molecular formula is C27H36N4O2. The number of methoxy groups -OCH3 is 1. The summed E-state index contributed by atoms with van der Waals surface area (Å²) < 4.78 is 5.95. The molecule has 3 aromatic rings. The zero-order chi connectivity index (χ0) is 23.8. The van der Waals surface area contributed by atoms with E-state index in [0.717, 1.165) is 34.8 Å². The SMILES string of the molecule is C=CCNCc1c(C2(C)NC(C(C)c3[nH]c(C)cc3C)C(OC)=C2CO)[nH]c2ccccc12. The number of H-pyrrole nitrogens is 2. The van der Waals surface area contributed by atoms with Crippen molar-refractivity contribution in [3.63, 3.8) is 0 Å². The molecule has 4 rings (SSSR count). The van der Waals surface area contributed by atoms with Crippen molar-refractivity contribution in [3.8, 4) is 0 Å². The third kappa shape index (κ3) is 3.92. The van der Waals surface area contributed by atoms with Gasteiger partial charge in [0.1, 0.15) is 5.76 Å². The molecule has 1 aliphatic heterocycles. The van der Waals surface area contributed by atoms with E-state index in [1.54, 1.807) is 7.11 Å². The molecule has 6 heteroatoms. The Morgan fingerprint density at radius 2 is 2.03 bits per heavy atom. The van der Waals surface area contributed by atoms with Crippen LogP contribution < -0.4 is 10.6 Å². The zero-order valence-electron chi connectivity index (χ0n) is 20.3. The minimum Gasteiger partial charge on any atom is -0.499 e. The van der Waals surface area contributed by atoms with Crippen LogP contribution >= 0.6 is 0 Å². The van der Waals surface area contributed by atoms with Crippen LogP contribution in [-0.2, 0) is 16.8 Å². The molecule has 3 atom stereocenters. The number of aromatic amines is 2. The van der Waals surface area contributed by atoms with Gasteiger partial charge in [-0.3, -0.25) is 5.32 Å². The Hall–Kier alpha value is -2.80. The summed E-state index contributed by atoms with van der Waals surface area (Å²) in [5.74, 6) is 0.937. The van der Waals surface area contributed by atoms with Crippen LogP contribution in [0.3, 0.4) is 0 Å². The highest BCUT2D eigenvalue weighted by atomic mass is 16.5. The van der Waals surface area contributed by atoms with E-state index in [1.807, 2.05) is 12.1 Å². The molecule has 0 saturated heterocycles. The maximum Gasteiger partial charge on any atom is 0.117 e. The third-order valence-corrected chi connectivity index (χ3v) is 7.05. The fourth-order valence-corrected chi connectivity index (χ4v) is 5.46. The van der Waals surface area contributed by atoms with Gasteiger partial charge in [0.25, 0.3) is 0 Å². The molecule has 1 aliphatic rings. The van der Waals surface area contributed by atoms with E-state index in [2.05, 4.69) is 79.1 Å². The lowest BCUT2D eigenvalue weighted by Crippen LogP contribution is -2.44. The van der Waals surface area contributed by atoms with E-state index in [0.29, 0.717) is 6.54 Å². The van der Waals surface area contributed by atoms with Gasteiger partial charge in [-0.1, -0.05) is 31.2 Å². The first kappa shape index (κ1) is 23.4. The van der Waals surface area contributed by atoms with Gasteiger partial charge in [-0.15, -0.1) is 6.58 Å². The van der Waals surface area contributed by atoms with Crippen LogP contribution in [0.4, 0.5) is 0 Å². The van der Waals surface area contributed by atoms with E-state index in [4.69, 9.17) is 4.74 Å². The molecule has 0 fully saturated rings. The molecule has 33 heavy (non-hydrogen) atoms. The Balaban J connectivity index is 1.83. The lowest BCUT2D eigenvalue weighted by Gasteiger charge is -2.31. The first-order valence-electron chi connectivity index (χ1n) is 11.6. The summed E-state index contributed by atoms with van der Waals surface area (Å²) in [5.41, 5.74) is 7.12. The maximum atomic E-state index is 10.5. The first-order valence-corrected chi connectivity index (χ1v) is 11.6. The van der Waals surface area contributed by atoms with Gasteiger partial charge in [0.15, 0.2) is 0 Å². The zero-order valence-corrected chi connectivity index (χ0v) is 20.3. The third-order valence-electron chi connectivity index (χ3n) is 7.05. The number of para-hydroxylation sites is 1. The van der Waals surface area contributed by atoms with Crippen LogP contribution in [0.1, 0.15) is 48.0 Å². The van der Waals surface area contributed by atoms with Gasteiger partial charge >= 0.3 is 0 Å².